The molecule has 1 aromatic carbocycles. The Labute approximate surface area is 96.2 Å². The van der Waals surface area contributed by atoms with Gasteiger partial charge in [0.2, 0.25) is 0 Å². The number of benzene rings is 1. The zero-order valence-corrected chi connectivity index (χ0v) is 9.34. The minimum absolute atomic E-state index is 0.233. The van der Waals surface area contributed by atoms with Gasteiger partial charge in [0, 0.05) is 5.69 Å². The van der Waals surface area contributed by atoms with Crippen molar-refractivity contribution < 1.29 is 8.78 Å². The van der Waals surface area contributed by atoms with E-state index in [4.69, 9.17) is 0 Å². The van der Waals surface area contributed by atoms with Crippen LogP contribution in [0, 0.1) is 25.5 Å². The van der Waals surface area contributed by atoms with E-state index in [2.05, 4.69) is 9.97 Å². The number of aromatic amines is 1. The van der Waals surface area contributed by atoms with Crippen LogP contribution < -0.4 is 5.56 Å². The number of aryl methyl sites for hydroxylation is 2. The number of hydrogen-bond donors (Lipinski definition) is 1. The predicted octanol–water partition coefficient (Wildman–Crippen LogP) is 2.33. The van der Waals surface area contributed by atoms with E-state index >= 15 is 0 Å². The number of rotatable bonds is 1. The normalized spacial score (nSPS) is 10.6. The first-order valence-corrected chi connectivity index (χ1v) is 5.02. The van der Waals surface area contributed by atoms with Crippen molar-refractivity contribution in [1.29, 1.82) is 0 Å². The molecule has 0 saturated carbocycles. The minimum Gasteiger partial charge on any atom is -0.323 e. The van der Waals surface area contributed by atoms with Crippen molar-refractivity contribution in [2.75, 3.05) is 0 Å². The maximum absolute atomic E-state index is 13.5. The smallest absolute Gasteiger partial charge is 0.274 e. The van der Waals surface area contributed by atoms with Gasteiger partial charge in [-0.15, -0.1) is 0 Å². The van der Waals surface area contributed by atoms with Crippen molar-refractivity contribution >= 4 is 0 Å². The van der Waals surface area contributed by atoms with Gasteiger partial charge in [0.1, 0.15) is 17.3 Å². The molecule has 17 heavy (non-hydrogen) atoms. The Morgan fingerprint density at radius 2 is 1.76 bits per heavy atom. The lowest BCUT2D eigenvalue weighted by Gasteiger charge is -2.05. The van der Waals surface area contributed by atoms with Crippen LogP contribution in [0.1, 0.15) is 11.4 Å². The summed E-state index contributed by atoms with van der Waals surface area (Å²) in [6.45, 7) is 3.33. The van der Waals surface area contributed by atoms with E-state index in [0.29, 0.717) is 11.4 Å². The van der Waals surface area contributed by atoms with Crippen LogP contribution in [0.4, 0.5) is 8.78 Å². The lowest BCUT2D eigenvalue weighted by Crippen LogP contribution is -2.15. The molecule has 0 aliphatic carbocycles. The highest BCUT2D eigenvalue weighted by atomic mass is 19.1. The number of aromatic nitrogens is 2. The molecular weight excluding hydrogens is 226 g/mol. The van der Waals surface area contributed by atoms with Crippen LogP contribution in [-0.2, 0) is 0 Å². The fraction of sp³-hybridized carbons (Fsp3) is 0.167. The van der Waals surface area contributed by atoms with Gasteiger partial charge < -0.3 is 4.98 Å². The molecule has 0 bridgehead atoms. The molecule has 2 aromatic rings. The summed E-state index contributed by atoms with van der Waals surface area (Å²) in [5.74, 6) is -1.60. The van der Waals surface area contributed by atoms with Gasteiger partial charge in [0.15, 0.2) is 0 Å². The fourth-order valence-electron chi connectivity index (χ4n) is 1.52. The van der Waals surface area contributed by atoms with Gasteiger partial charge >= 0.3 is 0 Å². The summed E-state index contributed by atoms with van der Waals surface area (Å²) in [5.41, 5.74) is -0.115. The van der Waals surface area contributed by atoms with E-state index in [1.165, 1.54) is 6.07 Å². The maximum Gasteiger partial charge on any atom is 0.274 e. The second kappa shape index (κ2) is 4.08. The Bertz CT molecular complexity index is 615. The molecule has 2 rings (SSSR count). The molecule has 0 amide bonds. The van der Waals surface area contributed by atoms with Crippen molar-refractivity contribution in [1.82, 2.24) is 9.97 Å². The Morgan fingerprint density at radius 3 is 2.35 bits per heavy atom. The van der Waals surface area contributed by atoms with Crippen molar-refractivity contribution in [3.05, 3.63) is 51.6 Å². The van der Waals surface area contributed by atoms with Crippen molar-refractivity contribution in [3.63, 3.8) is 0 Å². The quantitative estimate of drug-likeness (QED) is 0.826. The number of halogens is 2. The third-order valence-corrected chi connectivity index (χ3v) is 2.54. The van der Waals surface area contributed by atoms with E-state index in [1.54, 1.807) is 13.8 Å². The van der Waals surface area contributed by atoms with Crippen LogP contribution in [-0.4, -0.2) is 9.97 Å². The van der Waals surface area contributed by atoms with E-state index in [0.717, 1.165) is 12.1 Å². The summed E-state index contributed by atoms with van der Waals surface area (Å²) in [6, 6.07) is 3.42. The first-order valence-electron chi connectivity index (χ1n) is 5.02. The third kappa shape index (κ3) is 1.95. The molecule has 0 fully saturated rings. The number of nitrogens with zero attached hydrogens (tertiary/aromatic N) is 1. The second-order valence-corrected chi connectivity index (χ2v) is 3.72. The van der Waals surface area contributed by atoms with Crippen LogP contribution in [0.5, 0.6) is 0 Å². The molecule has 88 valence electrons. The van der Waals surface area contributed by atoms with Crippen LogP contribution in [0.3, 0.4) is 0 Å². The molecule has 0 aliphatic heterocycles. The topological polar surface area (TPSA) is 45.8 Å². The standard InChI is InChI=1S/C12H10F2N2O/c1-6-7(2)16-12(17)11(15-6)10-8(13)4-3-5-9(10)14/h3-5H,1-2H3,(H,16,17). The molecule has 0 atom stereocenters. The van der Waals surface area contributed by atoms with Gasteiger partial charge in [0.05, 0.1) is 11.3 Å². The summed E-state index contributed by atoms with van der Waals surface area (Å²) in [5, 5.41) is 0. The van der Waals surface area contributed by atoms with Gasteiger partial charge in [0.25, 0.3) is 5.56 Å². The summed E-state index contributed by atoms with van der Waals surface area (Å²) in [4.78, 5) is 18.1. The fourth-order valence-corrected chi connectivity index (χ4v) is 1.52. The van der Waals surface area contributed by atoms with E-state index in [1.807, 2.05) is 0 Å². The SMILES string of the molecule is Cc1nc(-c2c(F)cccc2F)c(=O)[nH]c1C. The van der Waals surface area contributed by atoms with Crippen LogP contribution in [0.2, 0.25) is 0 Å². The third-order valence-electron chi connectivity index (χ3n) is 2.54. The minimum atomic E-state index is -0.800. The molecule has 1 N–H and O–H groups in total. The summed E-state index contributed by atoms with van der Waals surface area (Å²) < 4.78 is 27.0. The molecule has 0 aliphatic rings. The van der Waals surface area contributed by atoms with Gasteiger partial charge in [-0.1, -0.05) is 6.07 Å². The molecule has 1 aromatic heterocycles. The zero-order valence-electron chi connectivity index (χ0n) is 9.34. The second-order valence-electron chi connectivity index (χ2n) is 3.72. The summed E-state index contributed by atoms with van der Waals surface area (Å²) in [6.07, 6.45) is 0. The molecular formula is C12H10F2N2O. The van der Waals surface area contributed by atoms with Gasteiger partial charge in [-0.05, 0) is 26.0 Å². The van der Waals surface area contributed by atoms with E-state index in [-0.39, 0.29) is 5.69 Å². The Kier molecular flexibility index (Phi) is 2.75. The highest BCUT2D eigenvalue weighted by Crippen LogP contribution is 2.21. The molecule has 1 heterocycles. The lowest BCUT2D eigenvalue weighted by atomic mass is 10.1. The molecule has 0 unspecified atom stereocenters. The molecule has 5 heteroatoms. The summed E-state index contributed by atoms with van der Waals surface area (Å²) in [7, 11) is 0. The Hall–Kier alpha value is -2.04. The van der Waals surface area contributed by atoms with Gasteiger partial charge in [-0.25, -0.2) is 13.8 Å². The van der Waals surface area contributed by atoms with Crippen molar-refractivity contribution in [3.8, 4) is 11.3 Å². The van der Waals surface area contributed by atoms with Crippen molar-refractivity contribution in [2.24, 2.45) is 0 Å². The highest BCUT2D eigenvalue weighted by molar-refractivity contribution is 5.59. The first-order chi connectivity index (χ1) is 8.00. The van der Waals surface area contributed by atoms with Crippen LogP contribution in [0.15, 0.2) is 23.0 Å². The first kappa shape index (κ1) is 11.4. The van der Waals surface area contributed by atoms with Crippen LogP contribution in [0.25, 0.3) is 11.3 Å². The van der Waals surface area contributed by atoms with Gasteiger partial charge in [-0.2, -0.15) is 0 Å². The van der Waals surface area contributed by atoms with Crippen LogP contribution >= 0.6 is 0 Å². The average Bonchev–Trinajstić information content (AvgIpc) is 2.25. The molecule has 0 spiro atoms. The van der Waals surface area contributed by atoms with E-state index in [9.17, 15) is 13.6 Å². The summed E-state index contributed by atoms with van der Waals surface area (Å²) >= 11 is 0. The molecule has 0 radical (unpaired) electrons. The number of H-pyrrole nitrogens is 1. The molecule has 0 saturated heterocycles. The largest absolute Gasteiger partial charge is 0.323 e. The Morgan fingerprint density at radius 1 is 1.18 bits per heavy atom. The average molecular weight is 236 g/mol. The number of nitrogens with one attached hydrogen (secondary N) is 1. The monoisotopic (exact) mass is 236 g/mol. The number of hydrogen-bond acceptors (Lipinski definition) is 2. The van der Waals surface area contributed by atoms with E-state index < -0.39 is 22.8 Å². The van der Waals surface area contributed by atoms with Gasteiger partial charge in [-0.3, -0.25) is 4.79 Å². The highest BCUT2D eigenvalue weighted by Gasteiger charge is 2.16. The zero-order chi connectivity index (χ0) is 12.6. The predicted molar refractivity (Wildman–Crippen MR) is 59.7 cm³/mol. The lowest BCUT2D eigenvalue weighted by molar-refractivity contribution is 0.588. The Balaban J connectivity index is 2.78. The molecule has 3 nitrogen and oxygen atoms in total. The van der Waals surface area contributed by atoms with Crippen molar-refractivity contribution in [2.45, 2.75) is 13.8 Å². The maximum atomic E-state index is 13.5.